The number of benzene rings is 2. The van der Waals surface area contributed by atoms with Crippen LogP contribution in [0.2, 0.25) is 0 Å². The van der Waals surface area contributed by atoms with Gasteiger partial charge in [0.05, 0.1) is 6.20 Å². The zero-order chi connectivity index (χ0) is 16.8. The van der Waals surface area contributed by atoms with E-state index in [1.165, 1.54) is 6.08 Å². The predicted molar refractivity (Wildman–Crippen MR) is 94.9 cm³/mol. The van der Waals surface area contributed by atoms with Gasteiger partial charge in [-0.15, -0.1) is 0 Å². The summed E-state index contributed by atoms with van der Waals surface area (Å²) < 4.78 is 11.7. The highest BCUT2D eigenvalue weighted by molar-refractivity contribution is 9.10. The summed E-state index contributed by atoms with van der Waals surface area (Å²) in [6.45, 7) is -0.00363. The lowest BCUT2D eigenvalue weighted by Gasteiger charge is -1.98. The fourth-order valence-corrected chi connectivity index (χ4v) is 2.30. The maximum Gasteiger partial charge on any atom is 0.331 e. The Morgan fingerprint density at radius 1 is 1.12 bits per heavy atom. The molecular formula is C19H14BrNO3. The molecule has 0 unspecified atom stereocenters. The van der Waals surface area contributed by atoms with Crippen LogP contribution in [-0.4, -0.2) is 11.0 Å². The number of halogens is 1. The van der Waals surface area contributed by atoms with Crippen molar-refractivity contribution in [2.45, 2.75) is 6.61 Å². The highest BCUT2D eigenvalue weighted by Gasteiger charge is 2.07. The zero-order valence-electron chi connectivity index (χ0n) is 12.7. The summed E-state index contributed by atoms with van der Waals surface area (Å²) in [7, 11) is 0. The fourth-order valence-electron chi connectivity index (χ4n) is 2.03. The van der Waals surface area contributed by atoms with Crippen molar-refractivity contribution < 1.29 is 13.9 Å². The van der Waals surface area contributed by atoms with E-state index in [-0.39, 0.29) is 6.61 Å². The minimum atomic E-state index is -0.447. The molecule has 3 rings (SSSR count). The molecule has 0 atom stereocenters. The molecular weight excluding hydrogens is 370 g/mol. The number of esters is 1. The monoisotopic (exact) mass is 383 g/mol. The Balaban J connectivity index is 1.55. The van der Waals surface area contributed by atoms with Gasteiger partial charge in [0.25, 0.3) is 0 Å². The van der Waals surface area contributed by atoms with Crippen LogP contribution in [0, 0.1) is 0 Å². The molecule has 1 aromatic heterocycles. The molecule has 0 amide bonds. The third-order valence-electron chi connectivity index (χ3n) is 3.23. The number of carbonyl (C=O) groups is 1. The molecule has 0 aliphatic carbocycles. The van der Waals surface area contributed by atoms with Crippen molar-refractivity contribution in [3.05, 3.63) is 82.8 Å². The van der Waals surface area contributed by atoms with Gasteiger partial charge in [0, 0.05) is 16.1 Å². The molecule has 0 saturated heterocycles. The van der Waals surface area contributed by atoms with Gasteiger partial charge >= 0.3 is 5.97 Å². The molecule has 0 fully saturated rings. The summed E-state index contributed by atoms with van der Waals surface area (Å²) in [5, 5.41) is 0. The molecule has 0 radical (unpaired) electrons. The van der Waals surface area contributed by atoms with E-state index in [9.17, 15) is 4.79 Å². The van der Waals surface area contributed by atoms with Crippen LogP contribution in [-0.2, 0) is 16.1 Å². The number of hydrogen-bond donors (Lipinski definition) is 0. The van der Waals surface area contributed by atoms with E-state index < -0.39 is 5.97 Å². The lowest BCUT2D eigenvalue weighted by molar-refractivity contribution is -0.139. The van der Waals surface area contributed by atoms with E-state index in [1.54, 1.807) is 12.3 Å². The minimum absolute atomic E-state index is 0.00363. The number of ether oxygens (including phenoxy) is 1. The van der Waals surface area contributed by atoms with Gasteiger partial charge in [0.2, 0.25) is 5.89 Å². The van der Waals surface area contributed by atoms with Crippen LogP contribution in [0.15, 0.2) is 75.8 Å². The summed E-state index contributed by atoms with van der Waals surface area (Å²) in [5.74, 6) is 0.559. The largest absolute Gasteiger partial charge is 0.453 e. The van der Waals surface area contributed by atoms with Crippen LogP contribution in [0.4, 0.5) is 0 Å². The van der Waals surface area contributed by atoms with Gasteiger partial charge in [0.1, 0.15) is 0 Å². The van der Waals surface area contributed by atoms with E-state index in [2.05, 4.69) is 20.9 Å². The van der Waals surface area contributed by atoms with Gasteiger partial charge in [-0.3, -0.25) is 0 Å². The Morgan fingerprint density at radius 2 is 1.88 bits per heavy atom. The van der Waals surface area contributed by atoms with Crippen LogP contribution >= 0.6 is 15.9 Å². The van der Waals surface area contributed by atoms with Crippen molar-refractivity contribution in [2.75, 3.05) is 0 Å². The van der Waals surface area contributed by atoms with Gasteiger partial charge in [0.15, 0.2) is 12.4 Å². The Hall–Kier alpha value is -2.66. The van der Waals surface area contributed by atoms with E-state index in [4.69, 9.17) is 9.15 Å². The standard InChI is InChI=1S/C19H14BrNO3/c20-16-9-6-14(7-10-16)8-11-19(22)23-13-18-21-12-17(24-18)15-4-2-1-3-5-15/h1-12H,13H2/b11-8+. The summed E-state index contributed by atoms with van der Waals surface area (Å²) >= 11 is 3.36. The highest BCUT2D eigenvalue weighted by Crippen LogP contribution is 2.20. The Labute approximate surface area is 147 Å². The van der Waals surface area contributed by atoms with Crippen molar-refractivity contribution in [1.82, 2.24) is 4.98 Å². The van der Waals surface area contributed by atoms with Crippen molar-refractivity contribution in [3.63, 3.8) is 0 Å². The molecule has 3 aromatic rings. The van der Waals surface area contributed by atoms with Crippen LogP contribution in [0.5, 0.6) is 0 Å². The predicted octanol–water partition coefficient (Wildman–Crippen LogP) is 4.86. The number of nitrogens with zero attached hydrogens (tertiary/aromatic N) is 1. The maximum atomic E-state index is 11.7. The number of carbonyl (C=O) groups excluding carboxylic acids is 1. The average Bonchev–Trinajstić information content (AvgIpc) is 3.09. The molecule has 120 valence electrons. The van der Waals surface area contributed by atoms with E-state index in [0.29, 0.717) is 11.7 Å². The van der Waals surface area contributed by atoms with Crippen molar-refractivity contribution in [2.24, 2.45) is 0 Å². The molecule has 4 nitrogen and oxygen atoms in total. The smallest absolute Gasteiger partial charge is 0.331 e. The second kappa shape index (κ2) is 7.75. The molecule has 2 aromatic carbocycles. The first-order valence-corrected chi connectivity index (χ1v) is 8.10. The second-order valence-electron chi connectivity index (χ2n) is 4.98. The van der Waals surface area contributed by atoms with E-state index in [1.807, 2.05) is 54.6 Å². The Morgan fingerprint density at radius 3 is 2.62 bits per heavy atom. The van der Waals surface area contributed by atoms with Gasteiger partial charge in [-0.2, -0.15) is 0 Å². The lowest BCUT2D eigenvalue weighted by atomic mass is 10.2. The number of rotatable bonds is 5. The normalized spacial score (nSPS) is 10.9. The summed E-state index contributed by atoms with van der Waals surface area (Å²) in [4.78, 5) is 15.9. The first kappa shape index (κ1) is 16.2. The second-order valence-corrected chi connectivity index (χ2v) is 5.89. The van der Waals surface area contributed by atoms with Crippen LogP contribution in [0.25, 0.3) is 17.4 Å². The quantitative estimate of drug-likeness (QED) is 0.466. The van der Waals surface area contributed by atoms with Crippen molar-refractivity contribution in [3.8, 4) is 11.3 Å². The van der Waals surface area contributed by atoms with Gasteiger partial charge in [-0.1, -0.05) is 58.4 Å². The molecule has 0 spiro atoms. The van der Waals surface area contributed by atoms with Crippen LogP contribution < -0.4 is 0 Å². The Kier molecular flexibility index (Phi) is 5.23. The fraction of sp³-hybridized carbons (Fsp3) is 0.0526. The zero-order valence-corrected chi connectivity index (χ0v) is 14.3. The summed E-state index contributed by atoms with van der Waals surface area (Å²) in [6.07, 6.45) is 4.69. The van der Waals surface area contributed by atoms with E-state index >= 15 is 0 Å². The number of hydrogen-bond acceptors (Lipinski definition) is 4. The average molecular weight is 384 g/mol. The Bertz CT molecular complexity index is 839. The summed E-state index contributed by atoms with van der Waals surface area (Å²) in [5.41, 5.74) is 1.84. The van der Waals surface area contributed by atoms with Gasteiger partial charge in [-0.05, 0) is 23.8 Å². The van der Waals surface area contributed by atoms with E-state index in [0.717, 1.165) is 15.6 Å². The number of oxazole rings is 1. The third-order valence-corrected chi connectivity index (χ3v) is 3.76. The molecule has 1 heterocycles. The van der Waals surface area contributed by atoms with Crippen molar-refractivity contribution >= 4 is 28.0 Å². The minimum Gasteiger partial charge on any atom is -0.453 e. The number of aromatic nitrogens is 1. The molecule has 24 heavy (non-hydrogen) atoms. The molecule has 0 aliphatic heterocycles. The first-order chi connectivity index (χ1) is 11.7. The van der Waals surface area contributed by atoms with Gasteiger partial charge in [-0.25, -0.2) is 9.78 Å². The molecule has 0 aliphatic rings. The highest BCUT2D eigenvalue weighted by atomic mass is 79.9. The topological polar surface area (TPSA) is 52.3 Å². The third kappa shape index (κ3) is 4.43. The van der Waals surface area contributed by atoms with Crippen LogP contribution in [0.3, 0.4) is 0 Å². The maximum absolute atomic E-state index is 11.7. The SMILES string of the molecule is O=C(/C=C/c1ccc(Br)cc1)OCc1ncc(-c2ccccc2)o1. The molecule has 0 saturated carbocycles. The lowest BCUT2D eigenvalue weighted by Crippen LogP contribution is -2.00. The molecule has 0 N–H and O–H groups in total. The summed E-state index contributed by atoms with van der Waals surface area (Å²) in [6, 6.07) is 17.2. The molecule has 0 bridgehead atoms. The first-order valence-electron chi connectivity index (χ1n) is 7.31. The van der Waals surface area contributed by atoms with Gasteiger partial charge < -0.3 is 9.15 Å². The van der Waals surface area contributed by atoms with Crippen LogP contribution in [0.1, 0.15) is 11.5 Å². The molecule has 5 heteroatoms. The van der Waals surface area contributed by atoms with Crippen molar-refractivity contribution in [1.29, 1.82) is 0 Å².